The summed E-state index contributed by atoms with van der Waals surface area (Å²) < 4.78 is 2.49. The van der Waals surface area contributed by atoms with Gasteiger partial charge >= 0.3 is 0 Å². The summed E-state index contributed by atoms with van der Waals surface area (Å²) in [6.07, 6.45) is 7.02. The maximum Gasteiger partial charge on any atom is 0.221 e. The summed E-state index contributed by atoms with van der Waals surface area (Å²) in [6.45, 7) is 4.75. The van der Waals surface area contributed by atoms with Gasteiger partial charge in [0.15, 0.2) is 11.7 Å². The van der Waals surface area contributed by atoms with Crippen LogP contribution in [0.25, 0.3) is 32.8 Å². The van der Waals surface area contributed by atoms with Crippen LogP contribution in [0.3, 0.4) is 0 Å². The molecule has 1 aromatic heterocycles. The fraction of sp³-hybridized carbons (Fsp3) is 0.160. The second kappa shape index (κ2) is 4.42. The minimum atomic E-state index is -0.0260. The summed E-state index contributed by atoms with van der Waals surface area (Å²) in [6, 6.07) is 24.5. The van der Waals surface area contributed by atoms with Crippen LogP contribution in [-0.2, 0) is 11.0 Å². The molecule has 1 aliphatic heterocycles. The Labute approximate surface area is 153 Å². The van der Waals surface area contributed by atoms with Gasteiger partial charge in [-0.2, -0.15) is 4.57 Å². The highest BCUT2D eigenvalue weighted by Crippen LogP contribution is 2.54. The normalized spacial score (nSPS) is 25.5. The Kier molecular flexibility index (Phi) is 2.43. The summed E-state index contributed by atoms with van der Waals surface area (Å²) in [7, 11) is 0. The Morgan fingerprint density at radius 3 is 2.15 bits per heavy atom. The summed E-state index contributed by atoms with van der Waals surface area (Å²) in [5, 5.41) is 5.26. The number of fused-ring (bicyclic) bond motifs is 9. The molecule has 1 heteroatoms. The van der Waals surface area contributed by atoms with Gasteiger partial charge in [0.1, 0.15) is 0 Å². The Morgan fingerprint density at radius 2 is 1.42 bits per heavy atom. The highest BCUT2D eigenvalue weighted by molar-refractivity contribution is 5.98. The summed E-state index contributed by atoms with van der Waals surface area (Å²) >= 11 is 0. The van der Waals surface area contributed by atoms with Crippen molar-refractivity contribution in [1.82, 2.24) is 0 Å². The lowest BCUT2D eigenvalue weighted by Crippen LogP contribution is -2.70. The average molecular weight is 334 g/mol. The SMILES string of the molecule is CC12C=CC1(C)[n+]1ccc3ccccc3c1-c1cc3ccccc3cc12. The van der Waals surface area contributed by atoms with Gasteiger partial charge in [-0.3, -0.25) is 0 Å². The highest BCUT2D eigenvalue weighted by Gasteiger charge is 2.61. The topological polar surface area (TPSA) is 3.88 Å². The zero-order valence-corrected chi connectivity index (χ0v) is 15.0. The number of benzene rings is 3. The van der Waals surface area contributed by atoms with Gasteiger partial charge in [-0.15, -0.1) is 0 Å². The van der Waals surface area contributed by atoms with Gasteiger partial charge in [-0.05, 0) is 52.9 Å². The first kappa shape index (κ1) is 14.3. The molecular formula is C25H20N+. The second-order valence-electron chi connectivity index (χ2n) is 8.05. The van der Waals surface area contributed by atoms with Crippen LogP contribution in [0.2, 0.25) is 0 Å². The fourth-order valence-corrected chi connectivity index (χ4v) is 5.01. The number of allylic oxidation sites excluding steroid dienone is 2. The molecule has 2 heterocycles. The first-order chi connectivity index (χ1) is 12.6. The maximum atomic E-state index is 2.49. The van der Waals surface area contributed by atoms with Crippen LogP contribution in [0.1, 0.15) is 19.4 Å². The van der Waals surface area contributed by atoms with Crippen molar-refractivity contribution in [3.8, 4) is 11.3 Å². The largest absolute Gasteiger partial charge is 0.221 e. The maximum absolute atomic E-state index is 2.49. The first-order valence-corrected chi connectivity index (χ1v) is 9.30. The van der Waals surface area contributed by atoms with Crippen molar-refractivity contribution in [3.05, 3.63) is 90.6 Å². The summed E-state index contributed by atoms with van der Waals surface area (Å²) in [5.74, 6) is 0. The molecule has 0 saturated heterocycles. The molecule has 2 aliphatic rings. The van der Waals surface area contributed by atoms with Crippen LogP contribution >= 0.6 is 0 Å². The summed E-state index contributed by atoms with van der Waals surface area (Å²) in [5.41, 5.74) is 4.14. The third-order valence-corrected chi connectivity index (χ3v) is 6.85. The predicted molar refractivity (Wildman–Crippen MR) is 107 cm³/mol. The molecule has 4 aromatic rings. The molecule has 1 nitrogen and oxygen atoms in total. The van der Waals surface area contributed by atoms with Gasteiger partial charge in [0.05, 0.1) is 16.4 Å². The van der Waals surface area contributed by atoms with E-state index < -0.39 is 0 Å². The Morgan fingerprint density at radius 1 is 0.731 bits per heavy atom. The van der Waals surface area contributed by atoms with E-state index in [2.05, 4.69) is 103 Å². The third-order valence-electron chi connectivity index (χ3n) is 6.85. The molecule has 0 radical (unpaired) electrons. The van der Waals surface area contributed by atoms with E-state index in [1.165, 1.54) is 38.4 Å². The molecule has 1 aliphatic carbocycles. The predicted octanol–water partition coefficient (Wildman–Crippen LogP) is 5.50. The van der Waals surface area contributed by atoms with E-state index in [-0.39, 0.29) is 11.0 Å². The van der Waals surface area contributed by atoms with Gasteiger partial charge in [0, 0.05) is 13.0 Å². The van der Waals surface area contributed by atoms with E-state index in [9.17, 15) is 0 Å². The minimum absolute atomic E-state index is 0.0203. The zero-order chi connectivity index (χ0) is 17.5. The molecule has 0 fully saturated rings. The van der Waals surface area contributed by atoms with Crippen molar-refractivity contribution < 1.29 is 4.57 Å². The van der Waals surface area contributed by atoms with Crippen LogP contribution in [0, 0.1) is 0 Å². The van der Waals surface area contributed by atoms with Crippen LogP contribution in [0.15, 0.2) is 85.1 Å². The van der Waals surface area contributed by atoms with Gasteiger partial charge in [-0.1, -0.05) is 48.5 Å². The van der Waals surface area contributed by atoms with Gasteiger partial charge in [-0.25, -0.2) is 0 Å². The Balaban J connectivity index is 1.85. The van der Waals surface area contributed by atoms with Crippen LogP contribution in [-0.4, -0.2) is 0 Å². The quantitative estimate of drug-likeness (QED) is 0.295. The van der Waals surface area contributed by atoms with Crippen molar-refractivity contribution in [1.29, 1.82) is 0 Å². The fourth-order valence-electron chi connectivity index (χ4n) is 5.01. The highest BCUT2D eigenvalue weighted by atomic mass is 15.1. The molecule has 0 saturated carbocycles. The number of pyridine rings is 1. The number of hydrogen-bond acceptors (Lipinski definition) is 0. The lowest BCUT2D eigenvalue weighted by Gasteiger charge is -2.49. The van der Waals surface area contributed by atoms with E-state index in [1.807, 2.05) is 0 Å². The molecule has 124 valence electrons. The molecule has 0 spiro atoms. The minimum Gasteiger partial charge on any atom is -0.188 e. The van der Waals surface area contributed by atoms with Crippen LogP contribution in [0.4, 0.5) is 0 Å². The summed E-state index contributed by atoms with van der Waals surface area (Å²) in [4.78, 5) is 0. The smallest absolute Gasteiger partial charge is 0.188 e. The molecular weight excluding hydrogens is 314 g/mol. The first-order valence-electron chi connectivity index (χ1n) is 9.30. The van der Waals surface area contributed by atoms with Crippen LogP contribution in [0.5, 0.6) is 0 Å². The molecule has 3 aromatic carbocycles. The lowest BCUT2D eigenvalue weighted by molar-refractivity contribution is -0.753. The Hall–Kier alpha value is -2.93. The van der Waals surface area contributed by atoms with E-state index in [1.54, 1.807) is 0 Å². The van der Waals surface area contributed by atoms with Crippen molar-refractivity contribution in [2.24, 2.45) is 0 Å². The number of aromatic nitrogens is 1. The monoisotopic (exact) mass is 334 g/mol. The molecule has 0 bridgehead atoms. The van der Waals surface area contributed by atoms with E-state index in [0.717, 1.165) is 0 Å². The van der Waals surface area contributed by atoms with Crippen molar-refractivity contribution in [2.45, 2.75) is 24.8 Å². The second-order valence-corrected chi connectivity index (χ2v) is 8.05. The number of nitrogens with zero attached hydrogens (tertiary/aromatic N) is 1. The van der Waals surface area contributed by atoms with Crippen molar-refractivity contribution in [3.63, 3.8) is 0 Å². The lowest BCUT2D eigenvalue weighted by atomic mass is 9.56. The van der Waals surface area contributed by atoms with E-state index >= 15 is 0 Å². The molecule has 6 rings (SSSR count). The molecule has 26 heavy (non-hydrogen) atoms. The van der Waals surface area contributed by atoms with Gasteiger partial charge in [0.2, 0.25) is 5.69 Å². The molecule has 0 N–H and O–H groups in total. The van der Waals surface area contributed by atoms with Crippen LogP contribution < -0.4 is 4.57 Å². The Bertz CT molecular complexity index is 1260. The number of hydrogen-bond donors (Lipinski definition) is 0. The van der Waals surface area contributed by atoms with Crippen molar-refractivity contribution in [2.75, 3.05) is 0 Å². The van der Waals surface area contributed by atoms with Crippen molar-refractivity contribution >= 4 is 21.5 Å². The van der Waals surface area contributed by atoms with E-state index in [0.29, 0.717) is 0 Å². The van der Waals surface area contributed by atoms with Gasteiger partial charge in [0.25, 0.3) is 0 Å². The number of rotatable bonds is 0. The average Bonchev–Trinajstić information content (AvgIpc) is 2.69. The third kappa shape index (κ3) is 1.47. The van der Waals surface area contributed by atoms with E-state index in [4.69, 9.17) is 0 Å². The van der Waals surface area contributed by atoms with Gasteiger partial charge < -0.3 is 0 Å². The molecule has 2 atom stereocenters. The zero-order valence-electron chi connectivity index (χ0n) is 15.0. The molecule has 2 unspecified atom stereocenters. The standard InChI is InChI=1S/C25H20N/c1-24-12-13-25(24,2)26-14-11-17-7-5-6-10-20(17)23(26)21-15-18-8-3-4-9-19(18)16-22(21)24/h3-16H,1-2H3/q+1. The molecule has 0 amide bonds.